The van der Waals surface area contributed by atoms with E-state index in [1.165, 1.54) is 0 Å². The van der Waals surface area contributed by atoms with E-state index in [1.807, 2.05) is 6.92 Å². The Morgan fingerprint density at radius 3 is 2.57 bits per heavy atom. The molecular formula is C4H12N2O. The molecule has 0 aromatic carbocycles. The molecule has 4 N–H and O–H groups in total. The van der Waals surface area contributed by atoms with Gasteiger partial charge in [0, 0.05) is 6.54 Å². The highest BCUT2D eigenvalue weighted by Gasteiger charge is 1.88. The summed E-state index contributed by atoms with van der Waals surface area (Å²) in [5, 5.41) is 11.3. The van der Waals surface area contributed by atoms with Crippen molar-refractivity contribution < 1.29 is 5.11 Å². The highest BCUT2D eigenvalue weighted by Crippen LogP contribution is 1.61. The van der Waals surface area contributed by atoms with Crippen LogP contribution in [-0.4, -0.2) is 24.4 Å². The number of nitrogens with two attached hydrogens (primary N) is 1. The van der Waals surface area contributed by atoms with Crippen molar-refractivity contribution in [1.82, 2.24) is 5.32 Å². The quantitative estimate of drug-likeness (QED) is 0.397. The van der Waals surface area contributed by atoms with E-state index in [0.717, 1.165) is 6.54 Å². The van der Waals surface area contributed by atoms with Crippen LogP contribution in [0.5, 0.6) is 0 Å². The lowest BCUT2D eigenvalue weighted by Gasteiger charge is -2.01. The molecule has 0 amide bonds. The van der Waals surface area contributed by atoms with Gasteiger partial charge in [0.25, 0.3) is 0 Å². The minimum Gasteiger partial charge on any atom is -0.377 e. The smallest absolute Gasteiger partial charge is 0.115 e. The Hall–Kier alpha value is -0.120. The van der Waals surface area contributed by atoms with Gasteiger partial charge in [0.15, 0.2) is 0 Å². The van der Waals surface area contributed by atoms with E-state index in [9.17, 15) is 0 Å². The fourth-order valence-corrected chi connectivity index (χ4v) is 0.292. The summed E-state index contributed by atoms with van der Waals surface area (Å²) >= 11 is 0. The third-order valence-electron chi connectivity index (χ3n) is 0.603. The van der Waals surface area contributed by atoms with Gasteiger partial charge in [0.05, 0.1) is 0 Å². The molecule has 0 rings (SSSR count). The Morgan fingerprint density at radius 2 is 2.43 bits per heavy atom. The highest BCUT2D eigenvalue weighted by molar-refractivity contribution is 4.46. The van der Waals surface area contributed by atoms with Crippen molar-refractivity contribution in [3.63, 3.8) is 0 Å². The second-order valence-electron chi connectivity index (χ2n) is 1.38. The molecule has 0 aromatic rings. The van der Waals surface area contributed by atoms with E-state index >= 15 is 0 Å². The molecule has 44 valence electrons. The number of aliphatic hydroxyl groups excluding tert-OH is 1. The Kier molecular flexibility index (Phi) is 3.98. The van der Waals surface area contributed by atoms with Crippen molar-refractivity contribution in [2.24, 2.45) is 5.73 Å². The molecule has 0 radical (unpaired) electrons. The number of rotatable bonds is 3. The first-order valence-electron chi connectivity index (χ1n) is 2.41. The number of hydrogen-bond acceptors (Lipinski definition) is 3. The first-order valence-corrected chi connectivity index (χ1v) is 2.41. The second-order valence-corrected chi connectivity index (χ2v) is 1.38. The maximum absolute atomic E-state index is 8.40. The van der Waals surface area contributed by atoms with E-state index in [-0.39, 0.29) is 0 Å². The zero-order chi connectivity index (χ0) is 5.70. The SMILES string of the molecule is CCNCC(N)O. The zero-order valence-electron chi connectivity index (χ0n) is 4.52. The second kappa shape index (κ2) is 4.05. The molecule has 0 saturated carbocycles. The topological polar surface area (TPSA) is 58.3 Å². The van der Waals surface area contributed by atoms with Crippen molar-refractivity contribution in [2.75, 3.05) is 13.1 Å². The van der Waals surface area contributed by atoms with Gasteiger partial charge in [-0.25, -0.2) is 0 Å². The summed E-state index contributed by atoms with van der Waals surface area (Å²) in [6, 6.07) is 0. The van der Waals surface area contributed by atoms with E-state index in [2.05, 4.69) is 5.32 Å². The van der Waals surface area contributed by atoms with Gasteiger partial charge in [-0.1, -0.05) is 6.92 Å². The summed E-state index contributed by atoms with van der Waals surface area (Å²) < 4.78 is 0. The molecule has 3 nitrogen and oxygen atoms in total. The summed E-state index contributed by atoms with van der Waals surface area (Å²) in [5.74, 6) is 0. The van der Waals surface area contributed by atoms with Crippen molar-refractivity contribution in [1.29, 1.82) is 0 Å². The molecule has 0 saturated heterocycles. The highest BCUT2D eigenvalue weighted by atomic mass is 16.3. The van der Waals surface area contributed by atoms with Crippen LogP contribution in [0.4, 0.5) is 0 Å². The summed E-state index contributed by atoms with van der Waals surface area (Å²) in [4.78, 5) is 0. The molecule has 3 heteroatoms. The molecular weight excluding hydrogens is 92.1 g/mol. The number of likely N-dealkylation sites (N-methyl/N-ethyl adjacent to an activating group) is 1. The van der Waals surface area contributed by atoms with E-state index in [1.54, 1.807) is 0 Å². The number of aliphatic hydroxyl groups is 1. The largest absolute Gasteiger partial charge is 0.377 e. The van der Waals surface area contributed by atoms with Gasteiger partial charge in [0.2, 0.25) is 0 Å². The third-order valence-corrected chi connectivity index (χ3v) is 0.603. The average molecular weight is 104 g/mol. The van der Waals surface area contributed by atoms with Crippen LogP contribution in [0, 0.1) is 0 Å². The molecule has 0 aliphatic heterocycles. The predicted octanol–water partition coefficient (Wildman–Crippen LogP) is -1.13. The number of nitrogens with one attached hydrogen (secondary N) is 1. The minimum absolute atomic E-state index is 0.483. The van der Waals surface area contributed by atoms with Crippen molar-refractivity contribution in [2.45, 2.75) is 13.2 Å². The van der Waals surface area contributed by atoms with Gasteiger partial charge in [-0.15, -0.1) is 0 Å². The van der Waals surface area contributed by atoms with Crippen LogP contribution >= 0.6 is 0 Å². The van der Waals surface area contributed by atoms with Crippen LogP contribution in [0.3, 0.4) is 0 Å². The molecule has 7 heavy (non-hydrogen) atoms. The minimum atomic E-state index is -0.708. The van der Waals surface area contributed by atoms with E-state index in [4.69, 9.17) is 10.8 Å². The van der Waals surface area contributed by atoms with Crippen LogP contribution < -0.4 is 11.1 Å². The van der Waals surface area contributed by atoms with Crippen LogP contribution in [0.1, 0.15) is 6.92 Å². The third kappa shape index (κ3) is 5.88. The van der Waals surface area contributed by atoms with Crippen molar-refractivity contribution in [3.8, 4) is 0 Å². The Bertz CT molecular complexity index is 38.7. The van der Waals surface area contributed by atoms with E-state index < -0.39 is 6.23 Å². The maximum Gasteiger partial charge on any atom is 0.115 e. The summed E-state index contributed by atoms with van der Waals surface area (Å²) in [7, 11) is 0. The lowest BCUT2D eigenvalue weighted by molar-refractivity contribution is 0.180. The monoisotopic (exact) mass is 104 g/mol. The molecule has 0 aliphatic rings. The van der Waals surface area contributed by atoms with Crippen LogP contribution in [0.15, 0.2) is 0 Å². The molecule has 0 heterocycles. The molecule has 0 spiro atoms. The maximum atomic E-state index is 8.40. The standard InChI is InChI=1S/C4H12N2O/c1-2-6-3-4(5)7/h4,6-7H,2-3,5H2,1H3. The Balaban J connectivity index is 2.68. The lowest BCUT2D eigenvalue weighted by atomic mass is 10.5. The number of hydrogen-bond donors (Lipinski definition) is 3. The van der Waals surface area contributed by atoms with Crippen LogP contribution in [-0.2, 0) is 0 Å². The lowest BCUT2D eigenvalue weighted by Crippen LogP contribution is -2.33. The Labute approximate surface area is 43.5 Å². The van der Waals surface area contributed by atoms with Gasteiger partial charge < -0.3 is 16.2 Å². The summed E-state index contributed by atoms with van der Waals surface area (Å²) in [6.45, 7) is 3.30. The zero-order valence-corrected chi connectivity index (χ0v) is 4.52. The van der Waals surface area contributed by atoms with Crippen molar-refractivity contribution >= 4 is 0 Å². The first kappa shape index (κ1) is 6.88. The van der Waals surface area contributed by atoms with E-state index in [0.29, 0.717) is 6.54 Å². The first-order chi connectivity index (χ1) is 3.27. The van der Waals surface area contributed by atoms with Gasteiger partial charge in [0.1, 0.15) is 6.23 Å². The molecule has 1 atom stereocenters. The predicted molar refractivity (Wildman–Crippen MR) is 28.7 cm³/mol. The van der Waals surface area contributed by atoms with Crippen LogP contribution in [0.25, 0.3) is 0 Å². The fourth-order valence-electron chi connectivity index (χ4n) is 0.292. The van der Waals surface area contributed by atoms with Gasteiger partial charge in [-0.05, 0) is 6.54 Å². The van der Waals surface area contributed by atoms with Gasteiger partial charge >= 0.3 is 0 Å². The summed E-state index contributed by atoms with van der Waals surface area (Å²) in [6.07, 6.45) is -0.708. The molecule has 0 fully saturated rings. The molecule has 1 unspecified atom stereocenters. The Morgan fingerprint density at radius 1 is 1.86 bits per heavy atom. The normalized spacial score (nSPS) is 14.1. The van der Waals surface area contributed by atoms with Gasteiger partial charge in [-0.3, -0.25) is 0 Å². The molecule has 0 bridgehead atoms. The molecule has 0 aliphatic carbocycles. The van der Waals surface area contributed by atoms with Crippen LogP contribution in [0.2, 0.25) is 0 Å². The van der Waals surface area contributed by atoms with Gasteiger partial charge in [-0.2, -0.15) is 0 Å². The molecule has 0 aromatic heterocycles. The van der Waals surface area contributed by atoms with Crippen molar-refractivity contribution in [3.05, 3.63) is 0 Å². The summed E-state index contributed by atoms with van der Waals surface area (Å²) in [5.41, 5.74) is 4.97. The fraction of sp³-hybridized carbons (Fsp3) is 1.00. The average Bonchev–Trinajstić information content (AvgIpc) is 1.61.